The zero-order chi connectivity index (χ0) is 10.9. The first-order valence-corrected chi connectivity index (χ1v) is 5.83. The summed E-state index contributed by atoms with van der Waals surface area (Å²) in [6.07, 6.45) is 6.81. The van der Waals surface area contributed by atoms with Crippen molar-refractivity contribution < 1.29 is 0 Å². The second-order valence-electron chi connectivity index (χ2n) is 5.13. The molecule has 0 aliphatic heterocycles. The van der Waals surface area contributed by atoms with Crippen LogP contribution in [0.4, 0.5) is 0 Å². The Bertz CT molecular complexity index is 287. The van der Waals surface area contributed by atoms with Gasteiger partial charge < -0.3 is 11.1 Å². The van der Waals surface area contributed by atoms with Crippen molar-refractivity contribution in [3.05, 3.63) is 12.2 Å². The minimum atomic E-state index is 0.587. The number of hydrogen-bond acceptors (Lipinski definition) is 1. The maximum Gasteiger partial charge on any atom is 0.189 e. The summed E-state index contributed by atoms with van der Waals surface area (Å²) in [5.74, 6) is 0.590. The number of guanidine groups is 1. The molecule has 0 aromatic carbocycles. The molecule has 2 aliphatic carbocycles. The Morgan fingerprint density at radius 3 is 2.80 bits per heavy atom. The van der Waals surface area contributed by atoms with Crippen molar-refractivity contribution in [1.29, 1.82) is 0 Å². The van der Waals surface area contributed by atoms with E-state index in [2.05, 4.69) is 16.9 Å². The summed E-state index contributed by atoms with van der Waals surface area (Å²) in [7, 11) is 0. The van der Waals surface area contributed by atoms with E-state index in [-0.39, 0.29) is 0 Å². The van der Waals surface area contributed by atoms with Gasteiger partial charge in [0.2, 0.25) is 0 Å². The highest BCUT2D eigenvalue weighted by Crippen LogP contribution is 2.57. The summed E-state index contributed by atoms with van der Waals surface area (Å²) < 4.78 is 0. The van der Waals surface area contributed by atoms with Crippen LogP contribution < -0.4 is 11.1 Å². The lowest BCUT2D eigenvalue weighted by Crippen LogP contribution is -2.35. The quantitative estimate of drug-likeness (QED) is 0.421. The Balaban J connectivity index is 1.79. The molecule has 3 heteroatoms. The molecule has 2 saturated carbocycles. The molecule has 3 nitrogen and oxygen atoms in total. The Morgan fingerprint density at radius 2 is 2.20 bits per heavy atom. The molecule has 0 aromatic heterocycles. The molecule has 2 aliphatic rings. The molecule has 3 N–H and O–H groups in total. The molecule has 84 valence electrons. The molecule has 1 atom stereocenters. The van der Waals surface area contributed by atoms with E-state index in [9.17, 15) is 0 Å². The first-order chi connectivity index (χ1) is 7.12. The minimum Gasteiger partial charge on any atom is -0.370 e. The van der Waals surface area contributed by atoms with Gasteiger partial charge in [-0.1, -0.05) is 25.0 Å². The fourth-order valence-corrected chi connectivity index (χ4v) is 2.63. The van der Waals surface area contributed by atoms with E-state index < -0.39 is 0 Å². The molecule has 0 heterocycles. The molecule has 0 bridgehead atoms. The fourth-order valence-electron chi connectivity index (χ4n) is 2.63. The lowest BCUT2D eigenvalue weighted by Gasteiger charge is -2.10. The summed E-state index contributed by atoms with van der Waals surface area (Å²) in [6.45, 7) is 6.40. The van der Waals surface area contributed by atoms with Crippen LogP contribution in [0, 0.1) is 5.41 Å². The van der Waals surface area contributed by atoms with Gasteiger partial charge >= 0.3 is 0 Å². The van der Waals surface area contributed by atoms with E-state index in [4.69, 9.17) is 5.73 Å². The predicted octanol–water partition coefficient (Wildman–Crippen LogP) is 1.80. The van der Waals surface area contributed by atoms with Crippen LogP contribution in [0.2, 0.25) is 0 Å². The molecule has 1 unspecified atom stereocenters. The fraction of sp³-hybridized carbons (Fsp3) is 0.750. The lowest BCUT2D eigenvalue weighted by molar-refractivity contribution is 0.496. The number of hydrogen-bond donors (Lipinski definition) is 2. The largest absolute Gasteiger partial charge is 0.370 e. The van der Waals surface area contributed by atoms with Crippen molar-refractivity contribution in [2.45, 2.75) is 45.1 Å². The van der Waals surface area contributed by atoms with E-state index in [0.29, 0.717) is 24.0 Å². The van der Waals surface area contributed by atoms with E-state index in [1.54, 1.807) is 0 Å². The molecular weight excluding hydrogens is 186 g/mol. The van der Waals surface area contributed by atoms with Crippen LogP contribution in [0.15, 0.2) is 17.1 Å². The van der Waals surface area contributed by atoms with Gasteiger partial charge in [0, 0.05) is 6.04 Å². The highest BCUT2D eigenvalue weighted by atomic mass is 15.1. The molecule has 2 rings (SSSR count). The van der Waals surface area contributed by atoms with Crippen molar-refractivity contribution in [2.75, 3.05) is 6.54 Å². The van der Waals surface area contributed by atoms with E-state index >= 15 is 0 Å². The smallest absolute Gasteiger partial charge is 0.189 e. The summed E-state index contributed by atoms with van der Waals surface area (Å²) in [4.78, 5) is 4.24. The van der Waals surface area contributed by atoms with Crippen LogP contribution in [0.1, 0.15) is 39.0 Å². The number of nitrogens with two attached hydrogens (primary N) is 1. The third-order valence-electron chi connectivity index (χ3n) is 3.63. The maximum atomic E-state index is 5.81. The minimum absolute atomic E-state index is 0.587. The number of nitrogens with zero attached hydrogens (tertiary/aromatic N) is 1. The number of nitrogens with one attached hydrogen (secondary N) is 1. The number of rotatable bonds is 3. The van der Waals surface area contributed by atoms with Gasteiger partial charge in [-0.2, -0.15) is 0 Å². The summed E-state index contributed by atoms with van der Waals surface area (Å²) in [6, 6.07) is 0.592. The van der Waals surface area contributed by atoms with Gasteiger partial charge in [0.1, 0.15) is 0 Å². The highest BCUT2D eigenvalue weighted by Gasteiger charge is 2.55. The first-order valence-electron chi connectivity index (χ1n) is 5.83. The standard InChI is InChI=1S/C12H21N3/c1-9(2)8-14-11(13)15-10-7-12(10)5-3-4-6-12/h10H,1,3-8H2,2H3,(H3,13,14,15). The van der Waals surface area contributed by atoms with Crippen molar-refractivity contribution in [1.82, 2.24) is 5.32 Å². The van der Waals surface area contributed by atoms with Gasteiger partial charge in [0.25, 0.3) is 0 Å². The van der Waals surface area contributed by atoms with E-state index in [1.165, 1.54) is 32.1 Å². The molecule has 0 aromatic rings. The zero-order valence-corrected chi connectivity index (χ0v) is 9.55. The van der Waals surface area contributed by atoms with Crippen LogP contribution in [0.25, 0.3) is 0 Å². The number of aliphatic imine (C=N–C) groups is 1. The Hall–Kier alpha value is -0.990. The zero-order valence-electron chi connectivity index (χ0n) is 9.55. The van der Waals surface area contributed by atoms with Gasteiger partial charge in [-0.15, -0.1) is 0 Å². The third kappa shape index (κ3) is 2.33. The monoisotopic (exact) mass is 207 g/mol. The first kappa shape index (κ1) is 10.5. The second-order valence-corrected chi connectivity index (χ2v) is 5.13. The van der Waals surface area contributed by atoms with Crippen molar-refractivity contribution >= 4 is 5.96 Å². The lowest BCUT2D eigenvalue weighted by atomic mass is 10.1. The van der Waals surface area contributed by atoms with Crippen LogP contribution in [-0.4, -0.2) is 18.5 Å². The van der Waals surface area contributed by atoms with Gasteiger partial charge in [0.05, 0.1) is 6.54 Å². The van der Waals surface area contributed by atoms with Crippen LogP contribution in [0.5, 0.6) is 0 Å². The van der Waals surface area contributed by atoms with E-state index in [0.717, 1.165) is 5.57 Å². The Kier molecular flexibility index (Phi) is 2.72. The van der Waals surface area contributed by atoms with Crippen LogP contribution >= 0.6 is 0 Å². The summed E-state index contributed by atoms with van der Waals surface area (Å²) in [5, 5.41) is 3.33. The Labute approximate surface area is 91.8 Å². The van der Waals surface area contributed by atoms with Crippen molar-refractivity contribution in [3.8, 4) is 0 Å². The molecule has 0 saturated heterocycles. The van der Waals surface area contributed by atoms with Gasteiger partial charge in [-0.25, -0.2) is 4.99 Å². The van der Waals surface area contributed by atoms with Crippen LogP contribution in [-0.2, 0) is 0 Å². The average molecular weight is 207 g/mol. The van der Waals surface area contributed by atoms with Gasteiger partial charge in [-0.3, -0.25) is 0 Å². The normalized spacial score (nSPS) is 28.1. The molecule has 1 spiro atoms. The summed E-state index contributed by atoms with van der Waals surface area (Å²) >= 11 is 0. The maximum absolute atomic E-state index is 5.81. The second kappa shape index (κ2) is 3.87. The van der Waals surface area contributed by atoms with Crippen LogP contribution in [0.3, 0.4) is 0 Å². The van der Waals surface area contributed by atoms with Gasteiger partial charge in [0.15, 0.2) is 5.96 Å². The molecular formula is C12H21N3. The highest BCUT2D eigenvalue weighted by molar-refractivity contribution is 5.78. The van der Waals surface area contributed by atoms with Gasteiger partial charge in [-0.05, 0) is 31.6 Å². The molecule has 2 fully saturated rings. The summed E-state index contributed by atoms with van der Waals surface area (Å²) in [5.41, 5.74) is 7.45. The Morgan fingerprint density at radius 1 is 1.53 bits per heavy atom. The SMILES string of the molecule is C=C(C)CN=C(N)NC1CC12CCCC2. The molecule has 0 radical (unpaired) electrons. The molecule has 0 amide bonds. The van der Waals surface area contributed by atoms with E-state index in [1.807, 2.05) is 6.92 Å². The third-order valence-corrected chi connectivity index (χ3v) is 3.63. The topological polar surface area (TPSA) is 50.4 Å². The predicted molar refractivity (Wildman–Crippen MR) is 63.7 cm³/mol. The van der Waals surface area contributed by atoms with Crippen molar-refractivity contribution in [2.24, 2.45) is 16.1 Å². The average Bonchev–Trinajstić information content (AvgIpc) is 2.60. The molecule has 15 heavy (non-hydrogen) atoms. The van der Waals surface area contributed by atoms with Crippen molar-refractivity contribution in [3.63, 3.8) is 0 Å².